The first-order valence-electron chi connectivity index (χ1n) is 9.51. The lowest BCUT2D eigenvalue weighted by molar-refractivity contribution is -0.126. The van der Waals surface area contributed by atoms with E-state index in [1.165, 1.54) is 0 Å². The number of hydrogen-bond donors (Lipinski definition) is 0. The highest BCUT2D eigenvalue weighted by Gasteiger charge is 2.73. The van der Waals surface area contributed by atoms with Crippen molar-refractivity contribution in [3.8, 4) is 0 Å². The van der Waals surface area contributed by atoms with Gasteiger partial charge in [0.05, 0.1) is 15.5 Å². The molecule has 0 bridgehead atoms. The molecule has 1 aromatic carbocycles. The zero-order valence-corrected chi connectivity index (χ0v) is 17.9. The molecule has 2 atom stereocenters. The number of hydrogen-bond acceptors (Lipinski definition) is 3. The maximum Gasteiger partial charge on any atom is 0.410 e. The fraction of sp³-hybridized carbons (Fsp3) is 0.619. The van der Waals surface area contributed by atoms with Crippen LogP contribution in [-0.4, -0.2) is 35.5 Å². The van der Waals surface area contributed by atoms with Gasteiger partial charge >= 0.3 is 6.09 Å². The Labute approximate surface area is 171 Å². The number of carbonyl (C=O) groups excluding carboxylic acids is 2. The lowest BCUT2D eigenvalue weighted by Crippen LogP contribution is -2.49. The van der Waals surface area contributed by atoms with E-state index in [4.69, 9.17) is 27.9 Å². The third-order valence-corrected chi connectivity index (χ3v) is 6.54. The van der Waals surface area contributed by atoms with E-state index >= 15 is 0 Å². The molecular formula is C21H27Cl2NO3. The topological polar surface area (TPSA) is 46.6 Å². The molecule has 3 rings (SSSR count). The second-order valence-corrected chi connectivity index (χ2v) is 9.61. The zero-order valence-electron chi connectivity index (χ0n) is 16.4. The van der Waals surface area contributed by atoms with Crippen LogP contribution in [0, 0.1) is 5.41 Å². The molecule has 1 aromatic rings. The molecule has 1 heterocycles. The first kappa shape index (κ1) is 20.5. The first-order valence-corrected chi connectivity index (χ1v) is 10.3. The average molecular weight is 412 g/mol. The molecule has 1 aliphatic carbocycles. The summed E-state index contributed by atoms with van der Waals surface area (Å²) in [4.78, 5) is 27.4. The minimum Gasteiger partial charge on any atom is -0.444 e. The molecule has 1 amide bonds. The Bertz CT molecular complexity index is 773. The van der Waals surface area contributed by atoms with Crippen LogP contribution in [-0.2, 0) is 14.9 Å². The SMILES string of the molecule is CCCC(=O)C12CN(C(=O)OC(C)(C)C)CCC1(c1ccc(Cl)c(Cl)c1)C2. The molecule has 4 nitrogen and oxygen atoms in total. The van der Waals surface area contributed by atoms with Gasteiger partial charge in [0.1, 0.15) is 11.4 Å². The lowest BCUT2D eigenvalue weighted by atomic mass is 9.77. The number of likely N-dealkylation sites (tertiary alicyclic amines) is 1. The Hall–Kier alpha value is -1.26. The Balaban J connectivity index is 1.91. The van der Waals surface area contributed by atoms with E-state index in [0.29, 0.717) is 29.6 Å². The van der Waals surface area contributed by atoms with Crippen LogP contribution < -0.4 is 0 Å². The molecule has 6 heteroatoms. The summed E-state index contributed by atoms with van der Waals surface area (Å²) in [5.41, 5.74) is -0.314. The standard InChI is InChI=1S/C21H27Cl2NO3/c1-5-6-17(25)21-12-20(21,14-7-8-15(22)16(23)11-14)9-10-24(13-21)18(26)27-19(2,3)4/h7-8,11H,5-6,9-10,12-13H2,1-4H3. The Kier molecular flexibility index (Phi) is 5.28. The summed E-state index contributed by atoms with van der Waals surface area (Å²) in [6.45, 7) is 8.53. The largest absolute Gasteiger partial charge is 0.444 e. The number of fused-ring (bicyclic) bond motifs is 1. The molecule has 1 aliphatic heterocycles. The number of piperidine rings is 1. The maximum atomic E-state index is 13.1. The van der Waals surface area contributed by atoms with Crippen LogP contribution in [0.4, 0.5) is 4.79 Å². The van der Waals surface area contributed by atoms with Gasteiger partial charge in [-0.2, -0.15) is 0 Å². The minimum absolute atomic E-state index is 0.226. The Morgan fingerprint density at radius 2 is 1.93 bits per heavy atom. The normalized spacial score (nSPS) is 27.1. The van der Waals surface area contributed by atoms with Gasteiger partial charge in [-0.1, -0.05) is 36.2 Å². The number of benzene rings is 1. The summed E-state index contributed by atoms with van der Waals surface area (Å²) in [5.74, 6) is 0.226. The van der Waals surface area contributed by atoms with Crippen LogP contribution in [0.2, 0.25) is 10.0 Å². The van der Waals surface area contributed by atoms with E-state index in [9.17, 15) is 9.59 Å². The first-order chi connectivity index (χ1) is 12.5. The fourth-order valence-electron chi connectivity index (χ4n) is 4.46. The second kappa shape index (κ2) is 6.97. The number of ether oxygens (including phenoxy) is 1. The van der Waals surface area contributed by atoms with E-state index < -0.39 is 11.0 Å². The second-order valence-electron chi connectivity index (χ2n) is 8.79. The monoisotopic (exact) mass is 411 g/mol. The number of Topliss-reactive ketones (excluding diaryl/α,β-unsaturated/α-hetero) is 1. The van der Waals surface area contributed by atoms with Crippen molar-refractivity contribution < 1.29 is 14.3 Å². The van der Waals surface area contributed by atoms with Gasteiger partial charge in [-0.15, -0.1) is 0 Å². The Morgan fingerprint density at radius 3 is 2.52 bits per heavy atom. The molecule has 2 fully saturated rings. The van der Waals surface area contributed by atoms with E-state index in [2.05, 4.69) is 0 Å². The van der Waals surface area contributed by atoms with Crippen LogP contribution in [0.5, 0.6) is 0 Å². The van der Waals surface area contributed by atoms with Gasteiger partial charge in [0.25, 0.3) is 0 Å². The summed E-state index contributed by atoms with van der Waals surface area (Å²) in [7, 11) is 0. The van der Waals surface area contributed by atoms with E-state index in [0.717, 1.165) is 24.8 Å². The van der Waals surface area contributed by atoms with Crippen molar-refractivity contribution in [1.29, 1.82) is 0 Å². The highest BCUT2D eigenvalue weighted by Crippen LogP contribution is 2.70. The van der Waals surface area contributed by atoms with Gasteiger partial charge < -0.3 is 9.64 Å². The summed E-state index contributed by atoms with van der Waals surface area (Å²) < 4.78 is 5.54. The van der Waals surface area contributed by atoms with Gasteiger partial charge in [-0.05, 0) is 57.7 Å². The predicted molar refractivity (Wildman–Crippen MR) is 108 cm³/mol. The van der Waals surface area contributed by atoms with Gasteiger partial charge in [0, 0.05) is 24.9 Å². The third kappa shape index (κ3) is 3.58. The van der Waals surface area contributed by atoms with Gasteiger partial charge in [0.2, 0.25) is 0 Å². The average Bonchev–Trinajstić information content (AvgIpc) is 3.27. The molecule has 2 unspecified atom stereocenters. The molecule has 27 heavy (non-hydrogen) atoms. The number of nitrogens with zero attached hydrogens (tertiary/aromatic N) is 1. The number of halogens is 2. The predicted octanol–water partition coefficient (Wildman–Crippen LogP) is 5.63. The Morgan fingerprint density at radius 1 is 1.22 bits per heavy atom. The molecule has 148 valence electrons. The van der Waals surface area contributed by atoms with Crippen molar-refractivity contribution in [3.63, 3.8) is 0 Å². The smallest absolute Gasteiger partial charge is 0.410 e. The van der Waals surface area contributed by atoms with Crippen molar-refractivity contribution in [3.05, 3.63) is 33.8 Å². The maximum absolute atomic E-state index is 13.1. The third-order valence-electron chi connectivity index (χ3n) is 5.80. The van der Waals surface area contributed by atoms with Crippen LogP contribution in [0.3, 0.4) is 0 Å². The van der Waals surface area contributed by atoms with Gasteiger partial charge in [-0.3, -0.25) is 4.79 Å². The van der Waals surface area contributed by atoms with Crippen LogP contribution >= 0.6 is 23.2 Å². The van der Waals surface area contributed by atoms with E-state index in [1.54, 1.807) is 11.0 Å². The molecule has 2 aliphatic rings. The highest BCUT2D eigenvalue weighted by molar-refractivity contribution is 6.42. The van der Waals surface area contributed by atoms with Crippen molar-refractivity contribution in [2.24, 2.45) is 5.41 Å². The van der Waals surface area contributed by atoms with Crippen molar-refractivity contribution >= 4 is 35.1 Å². The molecule has 0 aromatic heterocycles. The quantitative estimate of drug-likeness (QED) is 0.644. The highest BCUT2D eigenvalue weighted by atomic mass is 35.5. The van der Waals surface area contributed by atoms with Crippen LogP contribution in [0.1, 0.15) is 58.9 Å². The van der Waals surface area contributed by atoms with Crippen LogP contribution in [0.15, 0.2) is 18.2 Å². The lowest BCUT2D eigenvalue weighted by Gasteiger charge is -2.38. The van der Waals surface area contributed by atoms with Crippen LogP contribution in [0.25, 0.3) is 0 Å². The molecule has 0 radical (unpaired) electrons. The molecule has 1 saturated heterocycles. The number of amides is 1. The molecular weight excluding hydrogens is 385 g/mol. The molecule has 1 saturated carbocycles. The molecule has 0 N–H and O–H groups in total. The summed E-state index contributed by atoms with van der Waals surface area (Å²) in [6, 6.07) is 5.65. The number of ketones is 1. The van der Waals surface area contributed by atoms with Gasteiger partial charge in [-0.25, -0.2) is 4.79 Å². The van der Waals surface area contributed by atoms with Crippen molar-refractivity contribution in [1.82, 2.24) is 4.90 Å². The van der Waals surface area contributed by atoms with E-state index in [1.807, 2.05) is 39.8 Å². The number of rotatable bonds is 4. The fourth-order valence-corrected chi connectivity index (χ4v) is 4.75. The van der Waals surface area contributed by atoms with Crippen molar-refractivity contribution in [2.45, 2.75) is 64.4 Å². The molecule has 0 spiro atoms. The number of carbonyl (C=O) groups is 2. The van der Waals surface area contributed by atoms with E-state index in [-0.39, 0.29) is 17.3 Å². The van der Waals surface area contributed by atoms with Gasteiger partial charge in [0.15, 0.2) is 0 Å². The summed E-state index contributed by atoms with van der Waals surface area (Å²) >= 11 is 12.3. The zero-order chi connectivity index (χ0) is 20.0. The summed E-state index contributed by atoms with van der Waals surface area (Å²) in [6.07, 6.45) is 2.44. The minimum atomic E-state index is -0.556. The summed E-state index contributed by atoms with van der Waals surface area (Å²) in [5, 5.41) is 1.01. The van der Waals surface area contributed by atoms with Crippen molar-refractivity contribution in [2.75, 3.05) is 13.1 Å².